The first-order valence-electron chi connectivity index (χ1n) is 16.1. The van der Waals surface area contributed by atoms with Crippen molar-refractivity contribution in [2.75, 3.05) is 11.4 Å². The van der Waals surface area contributed by atoms with Crippen LogP contribution in [-0.2, 0) is 16.8 Å². The summed E-state index contributed by atoms with van der Waals surface area (Å²) in [5.74, 6) is 6.73. The van der Waals surface area contributed by atoms with Crippen LogP contribution in [0, 0.1) is 0 Å². The second kappa shape index (κ2) is 12.4. The number of hydrogen-bond donors (Lipinski definition) is 3. The van der Waals surface area contributed by atoms with E-state index in [1.807, 2.05) is 6.07 Å². The van der Waals surface area contributed by atoms with Crippen LogP contribution in [-0.4, -0.2) is 35.1 Å². The van der Waals surface area contributed by atoms with Gasteiger partial charge >= 0.3 is 0 Å². The number of aliphatic imine (C=N–C) groups is 1. The molecular weight excluding hydrogens is 546 g/mol. The molecule has 5 N–H and O–H groups in total. The van der Waals surface area contributed by atoms with Crippen molar-refractivity contribution in [2.45, 2.75) is 89.1 Å². The molecule has 3 aromatic carbocycles. The molecule has 2 fully saturated rings. The Bertz CT molecular complexity index is 1550. The molecule has 1 amide bonds. The fourth-order valence-corrected chi connectivity index (χ4v) is 7.07. The van der Waals surface area contributed by atoms with Gasteiger partial charge in [0.1, 0.15) is 5.84 Å². The number of benzene rings is 3. The molecule has 1 heterocycles. The molecular formula is C36H45N7O. The van der Waals surface area contributed by atoms with Crippen molar-refractivity contribution in [1.29, 1.82) is 0 Å². The monoisotopic (exact) mass is 591 g/mol. The van der Waals surface area contributed by atoms with E-state index in [1.165, 1.54) is 36.9 Å². The van der Waals surface area contributed by atoms with Gasteiger partial charge in [-0.05, 0) is 85.5 Å². The van der Waals surface area contributed by atoms with Crippen molar-refractivity contribution in [3.05, 3.63) is 83.4 Å². The average Bonchev–Trinajstić information content (AvgIpc) is 3.59. The quantitative estimate of drug-likeness (QED) is 0.0775. The number of nitrogens with zero attached hydrogens (tertiary/aromatic N) is 4. The molecule has 0 bridgehead atoms. The van der Waals surface area contributed by atoms with Gasteiger partial charge in [0, 0.05) is 35.3 Å². The third kappa shape index (κ3) is 5.95. The van der Waals surface area contributed by atoms with Crippen LogP contribution in [0.5, 0.6) is 0 Å². The number of amidine groups is 2. The molecule has 1 spiro atoms. The zero-order valence-corrected chi connectivity index (χ0v) is 26.1. The molecule has 0 unspecified atom stereocenters. The number of hydrazone groups is 1. The maximum atomic E-state index is 12.4. The third-order valence-electron chi connectivity index (χ3n) is 9.77. The van der Waals surface area contributed by atoms with E-state index in [4.69, 9.17) is 16.6 Å². The van der Waals surface area contributed by atoms with Gasteiger partial charge in [0.25, 0.3) is 0 Å². The van der Waals surface area contributed by atoms with Crippen LogP contribution in [0.1, 0.15) is 88.3 Å². The van der Waals surface area contributed by atoms with Crippen molar-refractivity contribution >= 4 is 29.5 Å². The predicted octanol–water partition coefficient (Wildman–Crippen LogP) is 6.50. The standard InChI is InChI=1S/C36H45N7O/c1-3-4-11-33(39-35(2)18-7-8-19-35)42(25-44)23-26-12-14-27(15-13-26)30-22-28(16-17-29(30)34(37)40-41-38)43-24-36(20-21-36)31-9-5-6-10-32(31)43/h5-6,9-10,12-17,22,25,41H,3-4,7-8,11,18-21,23-24,38H2,1-2H3,(H2,37,40). The van der Waals surface area contributed by atoms with E-state index >= 15 is 0 Å². The van der Waals surface area contributed by atoms with Crippen molar-refractivity contribution in [3.63, 3.8) is 0 Å². The zero-order chi connectivity index (χ0) is 30.7. The van der Waals surface area contributed by atoms with Gasteiger partial charge in [-0.1, -0.05) is 68.7 Å². The first kappa shape index (κ1) is 29.9. The molecule has 8 heteroatoms. The van der Waals surface area contributed by atoms with Crippen molar-refractivity contribution in [2.24, 2.45) is 21.7 Å². The number of unbranched alkanes of at least 4 members (excludes halogenated alkanes) is 1. The molecule has 8 nitrogen and oxygen atoms in total. The number of rotatable bonds is 11. The first-order valence-corrected chi connectivity index (χ1v) is 16.1. The molecule has 3 aromatic rings. The normalized spacial score (nSPS) is 18.4. The molecule has 44 heavy (non-hydrogen) atoms. The van der Waals surface area contributed by atoms with Crippen LogP contribution >= 0.6 is 0 Å². The largest absolute Gasteiger partial charge is 0.382 e. The van der Waals surface area contributed by atoms with Crippen LogP contribution in [0.3, 0.4) is 0 Å². The van der Waals surface area contributed by atoms with Crippen LogP contribution < -0.4 is 22.0 Å². The predicted molar refractivity (Wildman–Crippen MR) is 180 cm³/mol. The molecule has 0 saturated heterocycles. The fraction of sp³-hybridized carbons (Fsp3) is 0.417. The second-order valence-corrected chi connectivity index (χ2v) is 13.0. The van der Waals surface area contributed by atoms with E-state index in [2.05, 4.69) is 90.0 Å². The summed E-state index contributed by atoms with van der Waals surface area (Å²) in [6, 6.07) is 23.5. The van der Waals surface area contributed by atoms with Gasteiger partial charge in [-0.3, -0.25) is 14.7 Å². The number of carbonyl (C=O) groups is 1. The molecule has 230 valence electrons. The number of fused-ring (bicyclic) bond motifs is 2. The van der Waals surface area contributed by atoms with Crippen molar-refractivity contribution in [1.82, 2.24) is 10.4 Å². The Kier molecular flexibility index (Phi) is 8.45. The molecule has 0 aromatic heterocycles. The molecule has 6 rings (SSSR count). The number of hydrogen-bond acceptors (Lipinski definition) is 6. The first-order chi connectivity index (χ1) is 21.4. The molecule has 2 aliphatic carbocycles. The summed E-state index contributed by atoms with van der Waals surface area (Å²) >= 11 is 0. The topological polar surface area (TPSA) is 112 Å². The molecule has 1 aliphatic heterocycles. The highest BCUT2D eigenvalue weighted by Gasteiger charge is 2.51. The average molecular weight is 592 g/mol. The minimum Gasteiger partial charge on any atom is -0.382 e. The minimum atomic E-state index is -0.0650. The molecule has 0 atom stereocenters. The molecule has 3 aliphatic rings. The van der Waals surface area contributed by atoms with E-state index < -0.39 is 0 Å². The Morgan fingerprint density at radius 3 is 2.48 bits per heavy atom. The number of para-hydroxylation sites is 1. The van der Waals surface area contributed by atoms with Crippen LogP contribution in [0.15, 0.2) is 76.8 Å². The lowest BCUT2D eigenvalue weighted by Gasteiger charge is -2.26. The Balaban J connectivity index is 1.30. The second-order valence-electron chi connectivity index (χ2n) is 13.0. The summed E-state index contributed by atoms with van der Waals surface area (Å²) in [7, 11) is 0. The molecule has 0 radical (unpaired) electrons. The smallest absolute Gasteiger partial charge is 0.215 e. The van der Waals surface area contributed by atoms with Gasteiger partial charge < -0.3 is 10.6 Å². The summed E-state index contributed by atoms with van der Waals surface area (Å²) < 4.78 is 0. The van der Waals surface area contributed by atoms with Crippen LogP contribution in [0.2, 0.25) is 0 Å². The zero-order valence-electron chi connectivity index (χ0n) is 26.1. The van der Waals surface area contributed by atoms with E-state index in [0.717, 1.165) is 78.8 Å². The number of amides is 1. The lowest BCUT2D eigenvalue weighted by atomic mass is 9.96. The summed E-state index contributed by atoms with van der Waals surface area (Å²) in [4.78, 5) is 21.8. The Morgan fingerprint density at radius 2 is 1.80 bits per heavy atom. The summed E-state index contributed by atoms with van der Waals surface area (Å²) in [6.45, 7) is 5.88. The number of nitrogens with two attached hydrogens (primary N) is 2. The van der Waals surface area contributed by atoms with E-state index in [0.29, 0.717) is 12.4 Å². The van der Waals surface area contributed by atoms with Gasteiger partial charge in [-0.15, -0.1) is 5.10 Å². The van der Waals surface area contributed by atoms with Crippen LogP contribution in [0.4, 0.5) is 11.4 Å². The Hall–Kier alpha value is -4.17. The SMILES string of the molecule is CCCCC(=NC1(C)CCCC1)N(C=O)Cc1ccc(-c2cc(N3CC4(CC4)c4ccccc43)ccc2/C(N)=N/NN)cc1. The minimum absolute atomic E-state index is 0.0650. The molecule has 2 saturated carbocycles. The number of anilines is 2. The highest BCUT2D eigenvalue weighted by Crippen LogP contribution is 2.58. The summed E-state index contributed by atoms with van der Waals surface area (Å²) in [6.07, 6.45) is 10.9. The van der Waals surface area contributed by atoms with Gasteiger partial charge in [0.15, 0.2) is 5.84 Å². The Labute approximate surface area is 261 Å². The number of hydrazine groups is 1. The number of carbonyl (C=O) groups excluding carboxylic acids is 1. The fourth-order valence-electron chi connectivity index (χ4n) is 7.07. The van der Waals surface area contributed by atoms with Gasteiger partial charge in [0.05, 0.1) is 12.1 Å². The van der Waals surface area contributed by atoms with Crippen molar-refractivity contribution in [3.8, 4) is 11.1 Å². The van der Waals surface area contributed by atoms with E-state index in [1.54, 1.807) is 4.90 Å². The van der Waals surface area contributed by atoms with Gasteiger partial charge in [0.2, 0.25) is 6.41 Å². The lowest BCUT2D eigenvalue weighted by molar-refractivity contribution is -0.115. The highest BCUT2D eigenvalue weighted by molar-refractivity contribution is 6.04. The van der Waals surface area contributed by atoms with Gasteiger partial charge in [-0.25, -0.2) is 11.4 Å². The summed E-state index contributed by atoms with van der Waals surface area (Å²) in [5, 5.41) is 4.09. The Morgan fingerprint density at radius 1 is 1.05 bits per heavy atom. The van der Waals surface area contributed by atoms with Crippen molar-refractivity contribution < 1.29 is 4.79 Å². The number of nitrogens with one attached hydrogen (secondary N) is 1. The van der Waals surface area contributed by atoms with E-state index in [-0.39, 0.29) is 11.0 Å². The van der Waals surface area contributed by atoms with Crippen LogP contribution in [0.25, 0.3) is 11.1 Å². The van der Waals surface area contributed by atoms with E-state index in [9.17, 15) is 4.79 Å². The maximum Gasteiger partial charge on any atom is 0.215 e. The highest BCUT2D eigenvalue weighted by atomic mass is 16.1. The summed E-state index contributed by atoms with van der Waals surface area (Å²) in [5.41, 5.74) is 16.6. The van der Waals surface area contributed by atoms with Gasteiger partial charge in [-0.2, -0.15) is 0 Å². The third-order valence-corrected chi connectivity index (χ3v) is 9.77. The lowest BCUT2D eigenvalue weighted by Crippen LogP contribution is -2.32. The maximum absolute atomic E-state index is 12.4.